The number of benzene rings is 5. The lowest BCUT2D eigenvalue weighted by atomic mass is 9.77. The van der Waals surface area contributed by atoms with Crippen LogP contribution in [-0.2, 0) is 0 Å². The molecule has 272 valence electrons. The molecule has 0 radical (unpaired) electrons. The minimum Gasteiger partial charge on any atom is -0.508 e. The highest BCUT2D eigenvalue weighted by molar-refractivity contribution is 5.88. The molecule has 0 aromatic heterocycles. The van der Waals surface area contributed by atoms with E-state index in [2.05, 4.69) is 145 Å². The fraction of sp³-hybridized carbons (Fsp3) is 0.320. The van der Waals surface area contributed by atoms with Crippen LogP contribution in [0.25, 0.3) is 27.8 Å². The van der Waals surface area contributed by atoms with Crippen LogP contribution in [-0.4, -0.2) is 17.3 Å². The van der Waals surface area contributed by atoms with E-state index in [4.69, 9.17) is 4.74 Å². The molecule has 0 saturated heterocycles. The van der Waals surface area contributed by atoms with Crippen molar-refractivity contribution in [3.05, 3.63) is 148 Å². The average Bonchev–Trinajstić information content (AvgIpc) is 3.40. The summed E-state index contributed by atoms with van der Waals surface area (Å²) in [4.78, 5) is 2.57. The van der Waals surface area contributed by atoms with Crippen LogP contribution in [0.4, 0.5) is 11.4 Å². The third-order valence-corrected chi connectivity index (χ3v) is 11.8. The topological polar surface area (TPSA) is 32.7 Å². The Morgan fingerprint density at radius 2 is 1.34 bits per heavy atom. The first-order valence-corrected chi connectivity index (χ1v) is 19.6. The minimum absolute atomic E-state index is 0.116. The fourth-order valence-corrected chi connectivity index (χ4v) is 8.99. The standard InChI is InChI=1S/C50H55NO2/c1-9-11-12-37(10-2)31-53-44-20-15-39(16-21-44)40-17-22-47-45(29-40)46-30-41(38-13-18-43(52)19-14-38)23-24-50(46,8)51(47)42-27-35(6)49(36(7)28-42)48-33(4)25-32(3)26-34(48)5/h13-30,37,46,52H,9-12,31H2,1-8H3. The highest BCUT2D eigenvalue weighted by Gasteiger charge is 2.48. The molecule has 5 aromatic carbocycles. The second kappa shape index (κ2) is 14.8. The quantitative estimate of drug-likeness (QED) is 0.149. The molecule has 0 amide bonds. The van der Waals surface area contributed by atoms with Gasteiger partial charge in [0.2, 0.25) is 0 Å². The van der Waals surface area contributed by atoms with Gasteiger partial charge in [-0.2, -0.15) is 0 Å². The van der Waals surface area contributed by atoms with Gasteiger partial charge in [-0.3, -0.25) is 0 Å². The lowest BCUT2D eigenvalue weighted by Crippen LogP contribution is -2.42. The van der Waals surface area contributed by atoms with E-state index in [1.807, 2.05) is 12.1 Å². The van der Waals surface area contributed by atoms with Gasteiger partial charge in [0.05, 0.1) is 12.1 Å². The van der Waals surface area contributed by atoms with E-state index < -0.39 is 0 Å². The summed E-state index contributed by atoms with van der Waals surface area (Å²) in [5.41, 5.74) is 17.3. The Morgan fingerprint density at radius 3 is 1.96 bits per heavy atom. The van der Waals surface area contributed by atoms with Gasteiger partial charge in [0.1, 0.15) is 11.5 Å². The maximum absolute atomic E-state index is 10.0. The number of unbranched alkanes of at least 4 members (excludes halogenated alkanes) is 1. The molecule has 1 aliphatic carbocycles. The van der Waals surface area contributed by atoms with Crippen LogP contribution < -0.4 is 9.64 Å². The van der Waals surface area contributed by atoms with Crippen molar-refractivity contribution in [2.45, 2.75) is 92.5 Å². The highest BCUT2D eigenvalue weighted by Crippen LogP contribution is 2.56. The third-order valence-electron chi connectivity index (χ3n) is 11.8. The average molecular weight is 702 g/mol. The van der Waals surface area contributed by atoms with Crippen LogP contribution in [0.15, 0.2) is 109 Å². The number of hydrogen-bond donors (Lipinski definition) is 1. The summed E-state index contributed by atoms with van der Waals surface area (Å²) in [6.07, 6.45) is 12.0. The number of anilines is 2. The zero-order valence-electron chi connectivity index (χ0n) is 32.9. The maximum atomic E-state index is 10.0. The molecule has 3 heteroatoms. The van der Waals surface area contributed by atoms with Crippen molar-refractivity contribution in [1.82, 2.24) is 0 Å². The van der Waals surface area contributed by atoms with E-state index >= 15 is 0 Å². The highest BCUT2D eigenvalue weighted by atomic mass is 16.5. The third kappa shape index (κ3) is 6.95. The number of phenolic OH excluding ortho intramolecular Hbond substituents is 1. The maximum Gasteiger partial charge on any atom is 0.119 e. The zero-order chi connectivity index (χ0) is 37.4. The molecule has 0 fully saturated rings. The molecule has 0 spiro atoms. The summed E-state index contributed by atoms with van der Waals surface area (Å²) in [6, 6.07) is 32.6. The van der Waals surface area contributed by atoms with Crippen molar-refractivity contribution >= 4 is 16.9 Å². The SMILES string of the molecule is CCCCC(CC)COc1ccc(-c2ccc3c(c2)C2C=C(c4ccc(O)cc4)C=CC2(C)N3c2cc(C)c(-c3c(C)cc(C)cc3C)c(C)c2)cc1. The van der Waals surface area contributed by atoms with Crippen LogP contribution >= 0.6 is 0 Å². The van der Waals surface area contributed by atoms with E-state index in [9.17, 15) is 5.11 Å². The molecule has 3 unspecified atom stereocenters. The molecule has 53 heavy (non-hydrogen) atoms. The summed E-state index contributed by atoms with van der Waals surface area (Å²) in [6.45, 7) is 18.9. The minimum atomic E-state index is -0.317. The lowest BCUT2D eigenvalue weighted by Gasteiger charge is -2.40. The van der Waals surface area contributed by atoms with Crippen molar-refractivity contribution < 1.29 is 9.84 Å². The molecule has 1 heterocycles. The molecule has 2 aliphatic rings. The van der Waals surface area contributed by atoms with Crippen LogP contribution in [0.3, 0.4) is 0 Å². The molecule has 5 aromatic rings. The molecule has 1 aliphatic heterocycles. The molecule has 0 bridgehead atoms. The Morgan fingerprint density at radius 1 is 0.736 bits per heavy atom. The van der Waals surface area contributed by atoms with Crippen LogP contribution in [0.1, 0.15) is 91.3 Å². The Hall–Kier alpha value is -5.02. The van der Waals surface area contributed by atoms with Gasteiger partial charge in [0.25, 0.3) is 0 Å². The predicted octanol–water partition coefficient (Wildman–Crippen LogP) is 13.5. The number of phenols is 1. The second-order valence-corrected chi connectivity index (χ2v) is 15.8. The van der Waals surface area contributed by atoms with Gasteiger partial charge >= 0.3 is 0 Å². The summed E-state index contributed by atoms with van der Waals surface area (Å²) >= 11 is 0. The van der Waals surface area contributed by atoms with Crippen LogP contribution in [0.5, 0.6) is 11.5 Å². The van der Waals surface area contributed by atoms with E-state index in [0.29, 0.717) is 5.92 Å². The molecule has 3 nitrogen and oxygen atoms in total. The van der Waals surface area contributed by atoms with Crippen molar-refractivity contribution in [2.24, 2.45) is 5.92 Å². The normalized spacial score (nSPS) is 18.1. The number of hydrogen-bond acceptors (Lipinski definition) is 3. The van der Waals surface area contributed by atoms with Gasteiger partial charge in [-0.15, -0.1) is 0 Å². The van der Waals surface area contributed by atoms with Crippen LogP contribution in [0.2, 0.25) is 0 Å². The number of rotatable bonds is 11. The van der Waals surface area contributed by atoms with Gasteiger partial charge in [-0.1, -0.05) is 99.4 Å². The summed E-state index contributed by atoms with van der Waals surface area (Å²) in [5.74, 6) is 1.94. The molecule has 1 N–H and O–H groups in total. The van der Waals surface area contributed by atoms with Crippen LogP contribution in [0, 0.1) is 40.5 Å². The zero-order valence-corrected chi connectivity index (χ0v) is 32.9. The molecular formula is C50H55NO2. The number of aryl methyl sites for hydroxylation is 5. The largest absolute Gasteiger partial charge is 0.508 e. The van der Waals surface area contributed by atoms with E-state index in [1.165, 1.54) is 91.8 Å². The molecule has 3 atom stereocenters. The predicted molar refractivity (Wildman–Crippen MR) is 225 cm³/mol. The Labute approximate surface area is 317 Å². The number of aromatic hydroxyl groups is 1. The second-order valence-electron chi connectivity index (χ2n) is 15.8. The van der Waals surface area contributed by atoms with Gasteiger partial charge in [0, 0.05) is 17.3 Å². The first-order chi connectivity index (χ1) is 25.5. The number of allylic oxidation sites excluding steroid dienone is 2. The fourth-order valence-electron chi connectivity index (χ4n) is 8.99. The molecule has 0 saturated carbocycles. The van der Waals surface area contributed by atoms with Gasteiger partial charge < -0.3 is 14.7 Å². The van der Waals surface area contributed by atoms with E-state index in [0.717, 1.165) is 24.3 Å². The summed E-state index contributed by atoms with van der Waals surface area (Å²) < 4.78 is 6.27. The Bertz CT molecular complexity index is 2140. The molecular weight excluding hydrogens is 647 g/mol. The summed E-state index contributed by atoms with van der Waals surface area (Å²) in [7, 11) is 0. The van der Waals surface area contributed by atoms with Crippen molar-refractivity contribution in [3.8, 4) is 33.8 Å². The van der Waals surface area contributed by atoms with Crippen molar-refractivity contribution in [3.63, 3.8) is 0 Å². The Balaban J connectivity index is 1.28. The summed E-state index contributed by atoms with van der Waals surface area (Å²) in [5, 5.41) is 10.0. The number of fused-ring (bicyclic) bond motifs is 3. The number of ether oxygens (including phenoxy) is 1. The first-order valence-electron chi connectivity index (χ1n) is 19.6. The lowest BCUT2D eigenvalue weighted by molar-refractivity contribution is 0.233. The number of nitrogens with zero attached hydrogens (tertiary/aromatic N) is 1. The van der Waals surface area contributed by atoms with Crippen molar-refractivity contribution in [2.75, 3.05) is 11.5 Å². The molecule has 7 rings (SSSR count). The monoisotopic (exact) mass is 701 g/mol. The first kappa shape index (κ1) is 36.3. The van der Waals surface area contributed by atoms with Gasteiger partial charge in [-0.25, -0.2) is 0 Å². The van der Waals surface area contributed by atoms with E-state index in [-0.39, 0.29) is 17.2 Å². The van der Waals surface area contributed by atoms with E-state index in [1.54, 1.807) is 12.1 Å². The Kier molecular flexibility index (Phi) is 10.1. The van der Waals surface area contributed by atoms with Crippen molar-refractivity contribution in [1.29, 1.82) is 0 Å². The van der Waals surface area contributed by atoms with Gasteiger partial charge in [0.15, 0.2) is 0 Å². The smallest absolute Gasteiger partial charge is 0.119 e. The van der Waals surface area contributed by atoms with Gasteiger partial charge in [-0.05, 0) is 164 Å².